The van der Waals surface area contributed by atoms with Crippen LogP contribution < -0.4 is 5.32 Å². The van der Waals surface area contributed by atoms with Gasteiger partial charge < -0.3 is 15.1 Å². The summed E-state index contributed by atoms with van der Waals surface area (Å²) in [6.45, 7) is 4.73. The second-order valence-corrected chi connectivity index (χ2v) is 7.88. The van der Waals surface area contributed by atoms with E-state index in [2.05, 4.69) is 5.32 Å². The first kappa shape index (κ1) is 17.4. The smallest absolute Gasteiger partial charge is 0.224 e. The first-order valence-electron chi connectivity index (χ1n) is 7.20. The van der Waals surface area contributed by atoms with Gasteiger partial charge in [0, 0.05) is 38.6 Å². The number of nitrogens with one attached hydrogen (secondary N) is 1. The summed E-state index contributed by atoms with van der Waals surface area (Å²) in [5.41, 5.74) is 0. The first-order chi connectivity index (χ1) is 9.34. The minimum Gasteiger partial charge on any atom is -0.341 e. The van der Waals surface area contributed by atoms with E-state index in [0.29, 0.717) is 13.1 Å². The van der Waals surface area contributed by atoms with Crippen LogP contribution in [0, 0.1) is 0 Å². The van der Waals surface area contributed by atoms with Crippen LogP contribution in [-0.4, -0.2) is 81.9 Å². The van der Waals surface area contributed by atoms with Crippen molar-refractivity contribution in [1.29, 1.82) is 0 Å². The van der Waals surface area contributed by atoms with Crippen LogP contribution in [0.4, 0.5) is 0 Å². The van der Waals surface area contributed by atoms with Crippen LogP contribution >= 0.6 is 0 Å². The highest BCUT2D eigenvalue weighted by atomic mass is 32.2. The van der Waals surface area contributed by atoms with E-state index < -0.39 is 9.84 Å². The molecule has 1 N–H and O–H groups in total. The number of hydrogen-bond donors (Lipinski definition) is 1. The van der Waals surface area contributed by atoms with Gasteiger partial charge in [-0.3, -0.25) is 4.79 Å². The second kappa shape index (κ2) is 7.95. The molecule has 0 bridgehead atoms. The molecule has 1 heterocycles. The van der Waals surface area contributed by atoms with Crippen LogP contribution in [0.3, 0.4) is 0 Å². The van der Waals surface area contributed by atoms with E-state index in [0.717, 1.165) is 19.5 Å². The van der Waals surface area contributed by atoms with Crippen molar-refractivity contribution in [2.75, 3.05) is 51.8 Å². The Hall–Kier alpha value is -0.660. The Labute approximate surface area is 122 Å². The minimum atomic E-state index is -2.98. The molecule has 20 heavy (non-hydrogen) atoms. The summed E-state index contributed by atoms with van der Waals surface area (Å²) in [6.07, 6.45) is 1.18. The van der Waals surface area contributed by atoms with Gasteiger partial charge in [0.15, 0.2) is 9.84 Å². The molecule has 0 radical (unpaired) electrons. The number of nitrogens with zero attached hydrogens (tertiary/aromatic N) is 2. The summed E-state index contributed by atoms with van der Waals surface area (Å²) in [4.78, 5) is 16.2. The van der Waals surface area contributed by atoms with Gasteiger partial charge in [-0.25, -0.2) is 8.42 Å². The fraction of sp³-hybridized carbons (Fsp3) is 0.923. The van der Waals surface area contributed by atoms with Gasteiger partial charge in [-0.15, -0.1) is 0 Å². The molecule has 0 spiro atoms. The first-order valence-corrected chi connectivity index (χ1v) is 9.02. The van der Waals surface area contributed by atoms with Gasteiger partial charge in [0.25, 0.3) is 0 Å². The topological polar surface area (TPSA) is 69.7 Å². The number of carbonyl (C=O) groups is 1. The van der Waals surface area contributed by atoms with Crippen LogP contribution in [0.25, 0.3) is 0 Å². The molecule has 0 aliphatic carbocycles. The van der Waals surface area contributed by atoms with Crippen molar-refractivity contribution >= 4 is 15.7 Å². The van der Waals surface area contributed by atoms with Gasteiger partial charge in [-0.1, -0.05) is 6.92 Å². The van der Waals surface area contributed by atoms with Gasteiger partial charge >= 0.3 is 0 Å². The molecule has 6 nitrogen and oxygen atoms in total. The van der Waals surface area contributed by atoms with E-state index in [4.69, 9.17) is 0 Å². The average molecular weight is 305 g/mol. The van der Waals surface area contributed by atoms with Crippen LogP contribution in [0.2, 0.25) is 0 Å². The zero-order valence-corrected chi connectivity index (χ0v) is 13.6. The molecule has 0 saturated carbocycles. The van der Waals surface area contributed by atoms with Gasteiger partial charge in [-0.2, -0.15) is 0 Å². The highest BCUT2D eigenvalue weighted by Gasteiger charge is 2.27. The van der Waals surface area contributed by atoms with Crippen molar-refractivity contribution in [3.63, 3.8) is 0 Å². The highest BCUT2D eigenvalue weighted by molar-refractivity contribution is 7.91. The molecule has 1 fully saturated rings. The van der Waals surface area contributed by atoms with Crippen molar-refractivity contribution in [3.05, 3.63) is 0 Å². The lowest BCUT2D eigenvalue weighted by atomic mass is 10.2. The number of rotatable bonds is 7. The summed E-state index contributed by atoms with van der Waals surface area (Å²) in [5, 5.41) is 3.13. The van der Waals surface area contributed by atoms with Crippen molar-refractivity contribution in [2.45, 2.75) is 25.8 Å². The molecule has 1 aliphatic rings. The van der Waals surface area contributed by atoms with E-state index in [9.17, 15) is 13.2 Å². The zero-order valence-electron chi connectivity index (χ0n) is 12.8. The predicted octanol–water partition coefficient (Wildman–Crippen LogP) is -0.437. The van der Waals surface area contributed by atoms with Gasteiger partial charge in [-0.05, 0) is 20.5 Å². The second-order valence-electron chi connectivity index (χ2n) is 5.65. The van der Waals surface area contributed by atoms with Crippen LogP contribution in [0.1, 0.15) is 19.8 Å². The van der Waals surface area contributed by atoms with Crippen LogP contribution in [-0.2, 0) is 14.6 Å². The van der Waals surface area contributed by atoms with Crippen molar-refractivity contribution < 1.29 is 13.2 Å². The summed E-state index contributed by atoms with van der Waals surface area (Å²) < 4.78 is 23.2. The third-order valence-electron chi connectivity index (χ3n) is 3.39. The number of carbonyl (C=O) groups excluding carboxylic acids is 1. The van der Waals surface area contributed by atoms with Crippen molar-refractivity contribution in [3.8, 4) is 0 Å². The van der Waals surface area contributed by atoms with Gasteiger partial charge in [0.05, 0.1) is 11.5 Å². The van der Waals surface area contributed by atoms with Gasteiger partial charge in [0.2, 0.25) is 5.91 Å². The lowest BCUT2D eigenvalue weighted by Crippen LogP contribution is -2.48. The van der Waals surface area contributed by atoms with Crippen LogP contribution in [0.5, 0.6) is 0 Å². The fourth-order valence-corrected chi connectivity index (χ4v) is 3.73. The molecule has 1 amide bonds. The number of amides is 1. The molecule has 0 aromatic carbocycles. The maximum absolute atomic E-state index is 12.3. The highest BCUT2D eigenvalue weighted by Crippen LogP contribution is 2.08. The summed E-state index contributed by atoms with van der Waals surface area (Å²) >= 11 is 0. The molecule has 118 valence electrons. The molecule has 1 rings (SSSR count). The van der Waals surface area contributed by atoms with E-state index in [-0.39, 0.29) is 29.9 Å². The Kier molecular flexibility index (Phi) is 6.91. The summed E-state index contributed by atoms with van der Waals surface area (Å²) in [7, 11) is 0.969. The number of likely N-dealkylation sites (N-methyl/N-ethyl adjacent to an activating group) is 1. The molecule has 0 aromatic heterocycles. The maximum Gasteiger partial charge on any atom is 0.224 e. The Balaban J connectivity index is 2.52. The molecule has 1 atom stereocenters. The summed E-state index contributed by atoms with van der Waals surface area (Å²) in [5.74, 6) is 0.298. The Morgan fingerprint density at radius 1 is 1.25 bits per heavy atom. The molecule has 7 heteroatoms. The number of sulfone groups is 1. The largest absolute Gasteiger partial charge is 0.341 e. The Morgan fingerprint density at radius 3 is 2.50 bits per heavy atom. The SMILES string of the molecule is CCCN(CCN(C)C)C(=O)CC1CS(=O)(=O)CCN1. The Morgan fingerprint density at radius 2 is 1.95 bits per heavy atom. The van der Waals surface area contributed by atoms with E-state index >= 15 is 0 Å². The summed E-state index contributed by atoms with van der Waals surface area (Å²) in [6, 6.07) is -0.236. The van der Waals surface area contributed by atoms with Crippen molar-refractivity contribution in [2.24, 2.45) is 0 Å². The monoisotopic (exact) mass is 305 g/mol. The lowest BCUT2D eigenvalue weighted by molar-refractivity contribution is -0.131. The number of hydrogen-bond acceptors (Lipinski definition) is 5. The average Bonchev–Trinajstić information content (AvgIpc) is 2.32. The van der Waals surface area contributed by atoms with E-state index in [1.807, 2.05) is 30.8 Å². The molecular formula is C13H27N3O3S. The lowest BCUT2D eigenvalue weighted by Gasteiger charge is -2.28. The standard InChI is InChI=1S/C13H27N3O3S/c1-4-6-16(8-7-15(2)3)13(17)10-12-11-20(18,19)9-5-14-12/h12,14H,4-11H2,1-3H3. The zero-order chi connectivity index (χ0) is 15.2. The van der Waals surface area contributed by atoms with Crippen LogP contribution in [0.15, 0.2) is 0 Å². The van der Waals surface area contributed by atoms with E-state index in [1.165, 1.54) is 0 Å². The molecular weight excluding hydrogens is 278 g/mol. The third kappa shape index (κ3) is 6.19. The molecule has 1 saturated heterocycles. The molecule has 1 aliphatic heterocycles. The normalized spacial score (nSPS) is 21.9. The fourth-order valence-electron chi connectivity index (χ4n) is 2.29. The molecule has 1 unspecified atom stereocenters. The predicted molar refractivity (Wildman–Crippen MR) is 80.5 cm³/mol. The van der Waals surface area contributed by atoms with Gasteiger partial charge in [0.1, 0.15) is 0 Å². The van der Waals surface area contributed by atoms with Crippen molar-refractivity contribution in [1.82, 2.24) is 15.1 Å². The minimum absolute atomic E-state index is 0.0447. The third-order valence-corrected chi connectivity index (χ3v) is 5.12. The quantitative estimate of drug-likeness (QED) is 0.691. The molecule has 0 aromatic rings. The van der Waals surface area contributed by atoms with E-state index in [1.54, 1.807) is 0 Å². The Bertz CT molecular complexity index is 409. The maximum atomic E-state index is 12.3.